The summed E-state index contributed by atoms with van der Waals surface area (Å²) in [5.74, 6) is -0.230. The van der Waals surface area contributed by atoms with Gasteiger partial charge in [-0.1, -0.05) is 0 Å². The molecule has 20 heavy (non-hydrogen) atoms. The first-order valence-electron chi connectivity index (χ1n) is 6.04. The van der Waals surface area contributed by atoms with Crippen molar-refractivity contribution in [3.63, 3.8) is 0 Å². The van der Waals surface area contributed by atoms with E-state index in [1.807, 2.05) is 0 Å². The van der Waals surface area contributed by atoms with Crippen LogP contribution in [-0.4, -0.2) is 27.0 Å². The average molecular weight is 383 g/mol. The van der Waals surface area contributed by atoms with E-state index in [1.165, 1.54) is 18.2 Å². The summed E-state index contributed by atoms with van der Waals surface area (Å²) in [6.07, 6.45) is 2.17. The fourth-order valence-electron chi connectivity index (χ4n) is 1.91. The molecule has 8 heteroatoms. The summed E-state index contributed by atoms with van der Waals surface area (Å²) in [6, 6.07) is 4.17. The van der Waals surface area contributed by atoms with Crippen molar-refractivity contribution in [2.45, 2.75) is 30.3 Å². The summed E-state index contributed by atoms with van der Waals surface area (Å²) in [5.41, 5.74) is 0.480. The summed E-state index contributed by atoms with van der Waals surface area (Å²) < 4.78 is 28.2. The molecule has 0 aliphatic carbocycles. The van der Waals surface area contributed by atoms with Gasteiger partial charge >= 0.3 is 0 Å². The van der Waals surface area contributed by atoms with Crippen LogP contribution in [0, 0.1) is 0 Å². The number of rotatable bonds is 3. The fraction of sp³-hybridized carbons (Fsp3) is 0.417. The average Bonchev–Trinajstić information content (AvgIpc) is 2.41. The molecule has 1 aromatic carbocycles. The SMILES string of the molecule is O=C(Nc1ccc(S(=O)(=O)Cl)cc1Br)C1CCCCO1. The summed E-state index contributed by atoms with van der Waals surface area (Å²) in [6.45, 7) is 0.586. The first-order valence-corrected chi connectivity index (χ1v) is 9.15. The minimum atomic E-state index is -3.79. The van der Waals surface area contributed by atoms with Gasteiger partial charge in [-0.15, -0.1) is 0 Å². The standard InChI is InChI=1S/C12H13BrClNO4S/c13-9-7-8(20(14,17)18)4-5-10(9)15-12(16)11-3-1-2-6-19-11/h4-5,7,11H,1-3,6H2,(H,15,16). The summed E-state index contributed by atoms with van der Waals surface area (Å²) in [7, 11) is 1.47. The first-order chi connectivity index (χ1) is 9.38. The fourth-order valence-corrected chi connectivity index (χ4v) is 3.32. The number of hydrogen-bond donors (Lipinski definition) is 1. The van der Waals surface area contributed by atoms with Gasteiger partial charge in [0.05, 0.1) is 10.6 Å². The van der Waals surface area contributed by atoms with E-state index in [0.717, 1.165) is 12.8 Å². The Labute approximate surface area is 130 Å². The predicted octanol–water partition coefficient (Wildman–Crippen LogP) is 2.88. The van der Waals surface area contributed by atoms with Crippen LogP contribution in [0.15, 0.2) is 27.6 Å². The van der Waals surface area contributed by atoms with E-state index in [9.17, 15) is 13.2 Å². The van der Waals surface area contributed by atoms with Crippen LogP contribution in [0.2, 0.25) is 0 Å². The Kier molecular flexibility index (Phi) is 5.06. The number of carbonyl (C=O) groups excluding carboxylic acids is 1. The van der Waals surface area contributed by atoms with Gasteiger partial charge in [0.1, 0.15) is 6.10 Å². The molecule has 0 radical (unpaired) electrons. The monoisotopic (exact) mass is 381 g/mol. The lowest BCUT2D eigenvalue weighted by Gasteiger charge is -2.22. The second-order valence-corrected chi connectivity index (χ2v) is 7.84. The van der Waals surface area contributed by atoms with E-state index in [4.69, 9.17) is 15.4 Å². The Bertz CT molecular complexity index is 614. The minimum absolute atomic E-state index is 0.0297. The van der Waals surface area contributed by atoms with Crippen LogP contribution in [0.4, 0.5) is 5.69 Å². The molecule has 1 amide bonds. The third kappa shape index (κ3) is 3.94. The van der Waals surface area contributed by atoms with Crippen molar-refractivity contribution in [1.82, 2.24) is 0 Å². The van der Waals surface area contributed by atoms with Crippen molar-refractivity contribution >= 4 is 47.3 Å². The number of ether oxygens (including phenoxy) is 1. The highest BCUT2D eigenvalue weighted by molar-refractivity contribution is 9.10. The molecular formula is C12H13BrClNO4S. The zero-order valence-corrected chi connectivity index (χ0v) is 13.6. The van der Waals surface area contributed by atoms with Gasteiger partial charge in [0.25, 0.3) is 15.0 Å². The number of amides is 1. The van der Waals surface area contributed by atoms with E-state index in [2.05, 4.69) is 21.2 Å². The number of benzene rings is 1. The zero-order chi connectivity index (χ0) is 14.8. The highest BCUT2D eigenvalue weighted by Crippen LogP contribution is 2.28. The van der Waals surface area contributed by atoms with Crippen molar-refractivity contribution in [1.29, 1.82) is 0 Å². The smallest absolute Gasteiger partial charge is 0.261 e. The van der Waals surface area contributed by atoms with Gasteiger partial charge < -0.3 is 10.1 Å². The Balaban J connectivity index is 2.11. The molecule has 0 bridgehead atoms. The molecule has 1 aliphatic rings. The maximum absolute atomic E-state index is 12.0. The molecule has 0 spiro atoms. The summed E-state index contributed by atoms with van der Waals surface area (Å²) in [4.78, 5) is 12.0. The largest absolute Gasteiger partial charge is 0.368 e. The van der Waals surface area contributed by atoms with Crippen LogP contribution >= 0.6 is 26.6 Å². The van der Waals surface area contributed by atoms with E-state index in [-0.39, 0.29) is 10.8 Å². The Hall–Kier alpha value is -0.630. The molecule has 1 aliphatic heterocycles. The van der Waals surface area contributed by atoms with E-state index < -0.39 is 15.2 Å². The highest BCUT2D eigenvalue weighted by atomic mass is 79.9. The molecule has 2 rings (SSSR count). The molecule has 1 N–H and O–H groups in total. The van der Waals surface area contributed by atoms with Gasteiger partial charge in [0.15, 0.2) is 0 Å². The lowest BCUT2D eigenvalue weighted by atomic mass is 10.1. The molecule has 110 valence electrons. The second kappa shape index (κ2) is 6.43. The third-order valence-corrected chi connectivity index (χ3v) is 4.96. The Morgan fingerprint density at radius 3 is 2.70 bits per heavy atom. The number of carbonyl (C=O) groups is 1. The number of hydrogen-bond acceptors (Lipinski definition) is 4. The highest BCUT2D eigenvalue weighted by Gasteiger charge is 2.22. The maximum atomic E-state index is 12.0. The molecule has 1 fully saturated rings. The molecular weight excluding hydrogens is 370 g/mol. The number of anilines is 1. The molecule has 1 aromatic rings. The molecule has 1 atom stereocenters. The normalized spacial score (nSPS) is 19.6. The molecule has 5 nitrogen and oxygen atoms in total. The van der Waals surface area contributed by atoms with Crippen molar-refractivity contribution in [2.24, 2.45) is 0 Å². The van der Waals surface area contributed by atoms with Gasteiger partial charge in [-0.3, -0.25) is 4.79 Å². The molecule has 1 saturated heterocycles. The van der Waals surface area contributed by atoms with Gasteiger partial charge in [0.2, 0.25) is 0 Å². The van der Waals surface area contributed by atoms with E-state index in [1.54, 1.807) is 0 Å². The molecule has 0 saturated carbocycles. The third-order valence-electron chi connectivity index (χ3n) is 2.95. The lowest BCUT2D eigenvalue weighted by molar-refractivity contribution is -0.129. The van der Waals surface area contributed by atoms with Gasteiger partial charge in [0, 0.05) is 21.8 Å². The van der Waals surface area contributed by atoms with Crippen LogP contribution in [0.1, 0.15) is 19.3 Å². The molecule has 1 heterocycles. The molecule has 0 aromatic heterocycles. The second-order valence-electron chi connectivity index (χ2n) is 4.42. The lowest BCUT2D eigenvalue weighted by Crippen LogP contribution is -2.33. The zero-order valence-electron chi connectivity index (χ0n) is 10.4. The summed E-state index contributed by atoms with van der Waals surface area (Å²) in [5, 5.41) is 2.71. The quantitative estimate of drug-likeness (QED) is 0.816. The predicted molar refractivity (Wildman–Crippen MR) is 79.4 cm³/mol. The van der Waals surface area contributed by atoms with E-state index >= 15 is 0 Å². The van der Waals surface area contributed by atoms with Crippen molar-refractivity contribution in [3.05, 3.63) is 22.7 Å². The number of halogens is 2. The van der Waals surface area contributed by atoms with Crippen LogP contribution in [0.3, 0.4) is 0 Å². The van der Waals surface area contributed by atoms with Crippen LogP contribution in [0.25, 0.3) is 0 Å². The van der Waals surface area contributed by atoms with Gasteiger partial charge in [-0.25, -0.2) is 8.42 Å². The van der Waals surface area contributed by atoms with Crippen LogP contribution in [0.5, 0.6) is 0 Å². The van der Waals surface area contributed by atoms with Crippen LogP contribution < -0.4 is 5.32 Å². The first kappa shape index (κ1) is 15.8. The summed E-state index contributed by atoms with van der Waals surface area (Å²) >= 11 is 3.21. The minimum Gasteiger partial charge on any atom is -0.368 e. The molecule has 1 unspecified atom stereocenters. The van der Waals surface area contributed by atoms with Crippen LogP contribution in [-0.2, 0) is 18.6 Å². The van der Waals surface area contributed by atoms with Crippen molar-refractivity contribution < 1.29 is 17.9 Å². The Morgan fingerprint density at radius 1 is 1.40 bits per heavy atom. The van der Waals surface area contributed by atoms with Gasteiger partial charge in [-0.05, 0) is 53.4 Å². The van der Waals surface area contributed by atoms with Gasteiger partial charge in [-0.2, -0.15) is 0 Å². The number of nitrogens with one attached hydrogen (secondary N) is 1. The van der Waals surface area contributed by atoms with Crippen molar-refractivity contribution in [3.8, 4) is 0 Å². The van der Waals surface area contributed by atoms with E-state index in [0.29, 0.717) is 23.2 Å². The maximum Gasteiger partial charge on any atom is 0.261 e. The Morgan fingerprint density at radius 2 is 2.15 bits per heavy atom. The van der Waals surface area contributed by atoms with Crippen molar-refractivity contribution in [2.75, 3.05) is 11.9 Å². The topological polar surface area (TPSA) is 72.5 Å².